The molecular formula is C16H17ClO2. The second-order valence-corrected chi connectivity index (χ2v) is 4.97. The maximum absolute atomic E-state index is 10.4. The molecule has 2 aromatic rings. The number of benzene rings is 2. The van der Waals surface area contributed by atoms with Crippen LogP contribution in [0.15, 0.2) is 42.5 Å². The Kier molecular flexibility index (Phi) is 4.46. The van der Waals surface area contributed by atoms with Crippen molar-refractivity contribution in [3.05, 3.63) is 64.2 Å². The Hall–Kier alpha value is -1.51. The van der Waals surface area contributed by atoms with Crippen LogP contribution in [0.25, 0.3) is 0 Å². The number of hydrogen-bond donors (Lipinski definition) is 1. The van der Waals surface area contributed by atoms with Gasteiger partial charge in [0.2, 0.25) is 0 Å². The maximum atomic E-state index is 10.4. The van der Waals surface area contributed by atoms with Gasteiger partial charge in [0.25, 0.3) is 0 Å². The zero-order chi connectivity index (χ0) is 13.8. The van der Waals surface area contributed by atoms with Crippen LogP contribution in [0, 0.1) is 6.92 Å². The fourth-order valence-electron chi connectivity index (χ4n) is 2.19. The molecule has 2 rings (SSSR count). The number of rotatable bonds is 4. The summed E-state index contributed by atoms with van der Waals surface area (Å²) in [5.41, 5.74) is 2.92. The summed E-state index contributed by atoms with van der Waals surface area (Å²) >= 11 is 6.00. The zero-order valence-electron chi connectivity index (χ0n) is 11.1. The van der Waals surface area contributed by atoms with E-state index >= 15 is 0 Å². The fraction of sp³-hybridized carbons (Fsp3) is 0.250. The molecule has 100 valence electrons. The van der Waals surface area contributed by atoms with E-state index in [0.29, 0.717) is 11.4 Å². The van der Waals surface area contributed by atoms with Crippen LogP contribution in [-0.4, -0.2) is 12.2 Å². The molecule has 0 fully saturated rings. The number of aliphatic hydroxyl groups is 1. The molecule has 0 amide bonds. The van der Waals surface area contributed by atoms with Gasteiger partial charge >= 0.3 is 0 Å². The molecule has 0 aliphatic rings. The molecule has 0 aliphatic heterocycles. The van der Waals surface area contributed by atoms with Crippen molar-refractivity contribution in [2.45, 2.75) is 19.4 Å². The number of aliphatic hydroxyl groups excluding tert-OH is 1. The normalized spacial score (nSPS) is 12.2. The molecule has 0 bridgehead atoms. The molecule has 0 radical (unpaired) electrons. The standard InChI is InChI=1S/C16H17ClO2/c1-11-5-3-4-6-14(11)15(18)10-12-9-13(17)7-8-16(12)19-2/h3-9,15,18H,10H2,1-2H3. The van der Waals surface area contributed by atoms with Crippen molar-refractivity contribution in [1.29, 1.82) is 0 Å². The summed E-state index contributed by atoms with van der Waals surface area (Å²) in [6.45, 7) is 1.99. The van der Waals surface area contributed by atoms with Gasteiger partial charge in [-0.15, -0.1) is 0 Å². The number of halogens is 1. The summed E-state index contributed by atoms with van der Waals surface area (Å²) in [5.74, 6) is 0.747. The van der Waals surface area contributed by atoms with E-state index in [4.69, 9.17) is 16.3 Å². The number of ether oxygens (including phenoxy) is 1. The topological polar surface area (TPSA) is 29.5 Å². The highest BCUT2D eigenvalue weighted by Crippen LogP contribution is 2.28. The van der Waals surface area contributed by atoms with Gasteiger partial charge < -0.3 is 9.84 Å². The highest BCUT2D eigenvalue weighted by Gasteiger charge is 2.14. The molecule has 0 spiro atoms. The van der Waals surface area contributed by atoms with E-state index in [-0.39, 0.29) is 0 Å². The van der Waals surface area contributed by atoms with Crippen LogP contribution in [0.5, 0.6) is 5.75 Å². The molecule has 0 aromatic heterocycles. The molecule has 19 heavy (non-hydrogen) atoms. The predicted octanol–water partition coefficient (Wildman–Crippen LogP) is 3.93. The summed E-state index contributed by atoms with van der Waals surface area (Å²) in [6.07, 6.45) is -0.0808. The first-order valence-corrected chi connectivity index (χ1v) is 6.55. The van der Waals surface area contributed by atoms with Crippen LogP contribution in [0.1, 0.15) is 22.8 Å². The van der Waals surface area contributed by atoms with Crippen LogP contribution in [0.4, 0.5) is 0 Å². The number of methoxy groups -OCH3 is 1. The summed E-state index contributed by atoms with van der Waals surface area (Å²) in [5, 5.41) is 11.0. The van der Waals surface area contributed by atoms with Crippen molar-refractivity contribution < 1.29 is 9.84 Å². The molecule has 1 unspecified atom stereocenters. The van der Waals surface area contributed by atoms with Gasteiger partial charge in [0.15, 0.2) is 0 Å². The van der Waals surface area contributed by atoms with Gasteiger partial charge in [0, 0.05) is 11.4 Å². The Morgan fingerprint density at radius 3 is 2.63 bits per heavy atom. The molecule has 0 saturated heterocycles. The van der Waals surface area contributed by atoms with Crippen molar-refractivity contribution >= 4 is 11.6 Å². The molecule has 1 atom stereocenters. The number of aryl methyl sites for hydroxylation is 1. The lowest BCUT2D eigenvalue weighted by molar-refractivity contribution is 0.176. The smallest absolute Gasteiger partial charge is 0.122 e. The highest BCUT2D eigenvalue weighted by molar-refractivity contribution is 6.30. The van der Waals surface area contributed by atoms with Crippen molar-refractivity contribution in [3.8, 4) is 5.75 Å². The lowest BCUT2D eigenvalue weighted by Crippen LogP contribution is -2.05. The Balaban J connectivity index is 2.26. The summed E-state index contributed by atoms with van der Waals surface area (Å²) in [7, 11) is 1.62. The SMILES string of the molecule is COc1ccc(Cl)cc1CC(O)c1ccccc1C. The molecule has 2 aromatic carbocycles. The van der Waals surface area contributed by atoms with Gasteiger partial charge in [0.05, 0.1) is 13.2 Å². The van der Waals surface area contributed by atoms with E-state index in [9.17, 15) is 5.11 Å². The second kappa shape index (κ2) is 6.09. The van der Waals surface area contributed by atoms with Crippen molar-refractivity contribution in [2.24, 2.45) is 0 Å². The minimum Gasteiger partial charge on any atom is -0.496 e. The summed E-state index contributed by atoms with van der Waals surface area (Å²) in [6, 6.07) is 13.3. The Morgan fingerprint density at radius 1 is 1.21 bits per heavy atom. The van der Waals surface area contributed by atoms with Gasteiger partial charge in [0.1, 0.15) is 5.75 Å². The van der Waals surface area contributed by atoms with E-state index < -0.39 is 6.10 Å². The minimum atomic E-state index is -0.562. The third-order valence-corrected chi connectivity index (χ3v) is 3.44. The zero-order valence-corrected chi connectivity index (χ0v) is 11.8. The predicted molar refractivity (Wildman–Crippen MR) is 77.8 cm³/mol. The van der Waals surface area contributed by atoms with Crippen molar-refractivity contribution in [1.82, 2.24) is 0 Å². The lowest BCUT2D eigenvalue weighted by Gasteiger charge is -2.16. The molecule has 1 N–H and O–H groups in total. The average Bonchev–Trinajstić information content (AvgIpc) is 2.39. The van der Waals surface area contributed by atoms with E-state index in [0.717, 1.165) is 22.4 Å². The lowest BCUT2D eigenvalue weighted by atomic mass is 9.97. The Morgan fingerprint density at radius 2 is 1.95 bits per heavy atom. The van der Waals surface area contributed by atoms with Crippen LogP contribution < -0.4 is 4.74 Å². The Bertz CT molecular complexity index is 566. The van der Waals surface area contributed by atoms with Crippen LogP contribution in [-0.2, 0) is 6.42 Å². The van der Waals surface area contributed by atoms with Crippen LogP contribution in [0.2, 0.25) is 5.02 Å². The fourth-order valence-corrected chi connectivity index (χ4v) is 2.38. The van der Waals surface area contributed by atoms with E-state index in [1.54, 1.807) is 13.2 Å². The van der Waals surface area contributed by atoms with Gasteiger partial charge in [-0.1, -0.05) is 35.9 Å². The van der Waals surface area contributed by atoms with E-state index in [1.165, 1.54) is 0 Å². The first-order chi connectivity index (χ1) is 9.11. The number of hydrogen-bond acceptors (Lipinski definition) is 2. The van der Waals surface area contributed by atoms with Crippen LogP contribution in [0.3, 0.4) is 0 Å². The van der Waals surface area contributed by atoms with E-state index in [1.807, 2.05) is 43.3 Å². The van der Waals surface area contributed by atoms with Crippen molar-refractivity contribution in [3.63, 3.8) is 0 Å². The maximum Gasteiger partial charge on any atom is 0.122 e. The van der Waals surface area contributed by atoms with Gasteiger partial charge in [-0.3, -0.25) is 0 Å². The molecule has 0 aliphatic carbocycles. The first kappa shape index (κ1) is 13.9. The monoisotopic (exact) mass is 276 g/mol. The molecule has 0 saturated carbocycles. The summed E-state index contributed by atoms with van der Waals surface area (Å²) < 4.78 is 5.30. The Labute approximate surface area is 118 Å². The first-order valence-electron chi connectivity index (χ1n) is 6.18. The second-order valence-electron chi connectivity index (χ2n) is 4.53. The van der Waals surface area contributed by atoms with Crippen molar-refractivity contribution in [2.75, 3.05) is 7.11 Å². The molecule has 0 heterocycles. The quantitative estimate of drug-likeness (QED) is 0.917. The van der Waals surface area contributed by atoms with Gasteiger partial charge in [-0.2, -0.15) is 0 Å². The van der Waals surface area contributed by atoms with E-state index in [2.05, 4.69) is 0 Å². The molecule has 3 heteroatoms. The minimum absolute atomic E-state index is 0.481. The van der Waals surface area contributed by atoms with Gasteiger partial charge in [-0.25, -0.2) is 0 Å². The van der Waals surface area contributed by atoms with Crippen LogP contribution >= 0.6 is 11.6 Å². The average molecular weight is 277 g/mol. The highest BCUT2D eigenvalue weighted by atomic mass is 35.5. The summed E-state index contributed by atoms with van der Waals surface area (Å²) in [4.78, 5) is 0. The van der Waals surface area contributed by atoms with Gasteiger partial charge in [-0.05, 0) is 41.8 Å². The third-order valence-electron chi connectivity index (χ3n) is 3.20. The molecular weight excluding hydrogens is 260 g/mol. The largest absolute Gasteiger partial charge is 0.496 e. The third kappa shape index (κ3) is 3.28. The molecule has 2 nitrogen and oxygen atoms in total.